The summed E-state index contributed by atoms with van der Waals surface area (Å²) >= 11 is 1.99. The smallest absolute Gasteiger partial charge is 0.0693 e. The molecule has 0 amide bonds. The van der Waals surface area contributed by atoms with Gasteiger partial charge in [-0.2, -0.15) is 11.8 Å². The van der Waals surface area contributed by atoms with Crippen LogP contribution in [0.5, 0.6) is 0 Å². The molecule has 0 aromatic rings. The minimum atomic E-state index is -0.0803. The van der Waals surface area contributed by atoms with Crippen LogP contribution in [0.15, 0.2) is 0 Å². The minimum Gasteiger partial charge on any atom is -0.392 e. The first-order chi connectivity index (χ1) is 6.79. The standard InChI is InChI=1S/C11H21NOS/c1-14-9-6-5-8(7-9)12-10-3-2-4-11(10)13/h8-13H,2-7H2,1H3/t8?,9?,10-,11-/m1/s1. The molecule has 0 bridgehead atoms. The van der Waals surface area contributed by atoms with Crippen molar-refractivity contribution >= 4 is 11.8 Å². The Morgan fingerprint density at radius 2 is 2.07 bits per heavy atom. The lowest BCUT2D eigenvalue weighted by Gasteiger charge is -2.21. The summed E-state index contributed by atoms with van der Waals surface area (Å²) in [6.45, 7) is 0. The van der Waals surface area contributed by atoms with E-state index in [2.05, 4.69) is 11.6 Å². The Morgan fingerprint density at radius 1 is 1.21 bits per heavy atom. The van der Waals surface area contributed by atoms with E-state index in [0.29, 0.717) is 12.1 Å². The second-order valence-corrected chi connectivity index (χ2v) is 5.78. The molecule has 0 heterocycles. The highest BCUT2D eigenvalue weighted by molar-refractivity contribution is 7.99. The summed E-state index contributed by atoms with van der Waals surface area (Å²) in [5, 5.41) is 14.2. The van der Waals surface area contributed by atoms with Gasteiger partial charge in [-0.05, 0) is 44.8 Å². The predicted octanol–water partition coefficient (Wildman–Crippen LogP) is 1.77. The molecule has 2 aliphatic carbocycles. The van der Waals surface area contributed by atoms with Gasteiger partial charge >= 0.3 is 0 Å². The summed E-state index contributed by atoms with van der Waals surface area (Å²) in [7, 11) is 0. The first-order valence-corrected chi connectivity index (χ1v) is 7.05. The Morgan fingerprint density at radius 3 is 2.64 bits per heavy atom. The van der Waals surface area contributed by atoms with E-state index in [1.54, 1.807) is 0 Å². The Bertz CT molecular complexity index is 188. The number of hydrogen-bond acceptors (Lipinski definition) is 3. The fourth-order valence-corrected chi connectivity index (χ4v) is 3.54. The van der Waals surface area contributed by atoms with E-state index in [4.69, 9.17) is 0 Å². The third-order valence-corrected chi connectivity index (χ3v) is 4.74. The first kappa shape index (κ1) is 10.8. The van der Waals surface area contributed by atoms with Crippen molar-refractivity contribution in [1.29, 1.82) is 0 Å². The maximum absolute atomic E-state index is 9.70. The van der Waals surface area contributed by atoms with Gasteiger partial charge in [-0.1, -0.05) is 0 Å². The van der Waals surface area contributed by atoms with E-state index in [-0.39, 0.29) is 6.10 Å². The molecule has 4 atom stereocenters. The molecule has 0 spiro atoms. The monoisotopic (exact) mass is 215 g/mol. The molecule has 2 fully saturated rings. The van der Waals surface area contributed by atoms with Gasteiger partial charge in [0.15, 0.2) is 0 Å². The zero-order chi connectivity index (χ0) is 9.97. The van der Waals surface area contributed by atoms with Crippen LogP contribution in [0.1, 0.15) is 38.5 Å². The fraction of sp³-hybridized carbons (Fsp3) is 1.00. The van der Waals surface area contributed by atoms with E-state index in [1.807, 2.05) is 11.8 Å². The van der Waals surface area contributed by atoms with Crippen LogP contribution < -0.4 is 5.32 Å². The van der Waals surface area contributed by atoms with Crippen LogP contribution in [-0.2, 0) is 0 Å². The number of hydrogen-bond donors (Lipinski definition) is 2. The topological polar surface area (TPSA) is 32.3 Å². The molecule has 82 valence electrons. The van der Waals surface area contributed by atoms with Gasteiger partial charge in [0.25, 0.3) is 0 Å². The van der Waals surface area contributed by atoms with Crippen LogP contribution in [0.4, 0.5) is 0 Å². The summed E-state index contributed by atoms with van der Waals surface area (Å²) in [6, 6.07) is 1.06. The lowest BCUT2D eigenvalue weighted by molar-refractivity contribution is 0.143. The Labute approximate surface area is 90.8 Å². The lowest BCUT2D eigenvalue weighted by Crippen LogP contribution is -2.41. The van der Waals surface area contributed by atoms with Crippen molar-refractivity contribution in [2.75, 3.05) is 6.26 Å². The summed E-state index contributed by atoms with van der Waals surface area (Å²) in [5.41, 5.74) is 0. The van der Waals surface area contributed by atoms with E-state index in [1.165, 1.54) is 32.1 Å². The molecule has 3 heteroatoms. The van der Waals surface area contributed by atoms with Crippen LogP contribution in [-0.4, -0.2) is 34.8 Å². The molecular weight excluding hydrogens is 194 g/mol. The van der Waals surface area contributed by atoms with Gasteiger partial charge in [-0.3, -0.25) is 0 Å². The summed E-state index contributed by atoms with van der Waals surface area (Å²) in [4.78, 5) is 0. The Balaban J connectivity index is 1.75. The summed E-state index contributed by atoms with van der Waals surface area (Å²) in [6.07, 6.45) is 9.43. The van der Waals surface area contributed by atoms with Crippen molar-refractivity contribution in [1.82, 2.24) is 5.32 Å². The largest absolute Gasteiger partial charge is 0.392 e. The quantitative estimate of drug-likeness (QED) is 0.752. The van der Waals surface area contributed by atoms with Crippen molar-refractivity contribution in [3.05, 3.63) is 0 Å². The molecule has 2 saturated carbocycles. The van der Waals surface area contributed by atoms with Gasteiger partial charge in [0.1, 0.15) is 0 Å². The van der Waals surface area contributed by atoms with E-state index in [0.717, 1.165) is 11.7 Å². The van der Waals surface area contributed by atoms with Crippen molar-refractivity contribution < 1.29 is 5.11 Å². The molecule has 2 N–H and O–H groups in total. The fourth-order valence-electron chi connectivity index (χ4n) is 2.74. The summed E-state index contributed by atoms with van der Waals surface area (Å²) in [5.74, 6) is 0. The average Bonchev–Trinajstić information content (AvgIpc) is 2.77. The maximum atomic E-state index is 9.70. The number of aliphatic hydroxyl groups excluding tert-OH is 1. The number of rotatable bonds is 3. The average molecular weight is 215 g/mol. The van der Waals surface area contributed by atoms with Crippen LogP contribution >= 0.6 is 11.8 Å². The molecule has 2 aliphatic rings. The van der Waals surface area contributed by atoms with Gasteiger partial charge in [0, 0.05) is 17.3 Å². The van der Waals surface area contributed by atoms with Gasteiger partial charge in [-0.15, -0.1) is 0 Å². The van der Waals surface area contributed by atoms with Crippen molar-refractivity contribution in [3.63, 3.8) is 0 Å². The van der Waals surface area contributed by atoms with E-state index >= 15 is 0 Å². The van der Waals surface area contributed by atoms with Crippen LogP contribution in [0, 0.1) is 0 Å². The highest BCUT2D eigenvalue weighted by Gasteiger charge is 2.30. The minimum absolute atomic E-state index is 0.0803. The van der Waals surface area contributed by atoms with Crippen LogP contribution in [0.25, 0.3) is 0 Å². The highest BCUT2D eigenvalue weighted by atomic mass is 32.2. The molecule has 0 aromatic heterocycles. The predicted molar refractivity (Wildman–Crippen MR) is 61.7 cm³/mol. The van der Waals surface area contributed by atoms with Crippen LogP contribution in [0.2, 0.25) is 0 Å². The van der Waals surface area contributed by atoms with Gasteiger partial charge in [-0.25, -0.2) is 0 Å². The molecule has 2 nitrogen and oxygen atoms in total. The van der Waals surface area contributed by atoms with Crippen molar-refractivity contribution in [2.24, 2.45) is 0 Å². The molecule has 2 unspecified atom stereocenters. The third-order valence-electron chi connectivity index (χ3n) is 3.65. The molecule has 2 rings (SSSR count). The molecule has 14 heavy (non-hydrogen) atoms. The van der Waals surface area contributed by atoms with Crippen LogP contribution in [0.3, 0.4) is 0 Å². The number of thioether (sulfide) groups is 1. The molecule has 0 aromatic carbocycles. The zero-order valence-corrected chi connectivity index (χ0v) is 9.72. The molecule has 0 aliphatic heterocycles. The van der Waals surface area contributed by atoms with Gasteiger partial charge < -0.3 is 10.4 Å². The van der Waals surface area contributed by atoms with Gasteiger partial charge in [0.2, 0.25) is 0 Å². The molecule has 0 saturated heterocycles. The van der Waals surface area contributed by atoms with E-state index < -0.39 is 0 Å². The normalized spacial score (nSPS) is 43.3. The van der Waals surface area contributed by atoms with Crippen molar-refractivity contribution in [3.8, 4) is 0 Å². The number of nitrogens with one attached hydrogen (secondary N) is 1. The third kappa shape index (κ3) is 2.44. The second-order valence-electron chi connectivity index (χ2n) is 4.64. The first-order valence-electron chi connectivity index (χ1n) is 5.76. The zero-order valence-electron chi connectivity index (χ0n) is 8.91. The second kappa shape index (κ2) is 4.86. The Hall–Kier alpha value is 0.270. The molecule has 0 radical (unpaired) electrons. The Kier molecular flexibility index (Phi) is 3.74. The van der Waals surface area contributed by atoms with Gasteiger partial charge in [0.05, 0.1) is 6.10 Å². The lowest BCUT2D eigenvalue weighted by atomic mass is 10.1. The molecular formula is C11H21NOS. The number of aliphatic hydroxyl groups is 1. The summed E-state index contributed by atoms with van der Waals surface area (Å²) < 4.78 is 0. The SMILES string of the molecule is CSC1CCC(N[C@@H]2CCC[C@H]2O)C1. The van der Waals surface area contributed by atoms with Crippen molar-refractivity contribution in [2.45, 2.75) is 62.0 Å². The van der Waals surface area contributed by atoms with E-state index in [9.17, 15) is 5.11 Å². The highest BCUT2D eigenvalue weighted by Crippen LogP contribution is 2.30. The maximum Gasteiger partial charge on any atom is 0.0693 e.